The smallest absolute Gasteiger partial charge is 0.264 e. The molecule has 4 atom stereocenters. The van der Waals surface area contributed by atoms with Crippen molar-refractivity contribution in [2.75, 3.05) is 17.2 Å². The molecule has 0 amide bonds. The number of benzene rings is 2. The van der Waals surface area contributed by atoms with E-state index >= 15 is 0 Å². The Morgan fingerprint density at radius 3 is 2.56 bits per heavy atom. The largest absolute Gasteiger partial charge is 0.396 e. The number of para-hydroxylation sites is 1. The van der Waals surface area contributed by atoms with Crippen molar-refractivity contribution in [2.24, 2.45) is 5.92 Å². The van der Waals surface area contributed by atoms with Crippen molar-refractivity contribution < 1.29 is 19.7 Å². The van der Waals surface area contributed by atoms with Crippen LogP contribution in [-0.4, -0.2) is 55.1 Å². The molecule has 2 heterocycles. The van der Waals surface area contributed by atoms with Gasteiger partial charge in [-0.05, 0) is 42.8 Å². The molecule has 0 spiro atoms. The SMILES string of the molecule is O=c1[nH]c(Nc2ccc(F)cc2)nc(N[C@@H]2C[C@H](CO)[C@@H](O)[C@H]2O)c1-c1nc2ccccc2s1. The van der Waals surface area contributed by atoms with Gasteiger partial charge in [0.1, 0.15) is 28.3 Å². The van der Waals surface area contributed by atoms with Crippen molar-refractivity contribution in [3.05, 3.63) is 64.7 Å². The maximum Gasteiger partial charge on any atom is 0.264 e. The fourth-order valence-electron chi connectivity index (χ4n) is 4.11. The molecule has 0 aliphatic heterocycles. The predicted molar refractivity (Wildman–Crippen MR) is 128 cm³/mol. The van der Waals surface area contributed by atoms with Crippen LogP contribution in [0.2, 0.25) is 0 Å². The van der Waals surface area contributed by atoms with Gasteiger partial charge in [0.05, 0.1) is 22.4 Å². The van der Waals surface area contributed by atoms with Gasteiger partial charge in [-0.2, -0.15) is 4.98 Å². The van der Waals surface area contributed by atoms with Gasteiger partial charge in [0.2, 0.25) is 5.95 Å². The number of hydrogen-bond acceptors (Lipinski definition) is 9. The normalized spacial score (nSPS) is 22.2. The van der Waals surface area contributed by atoms with Gasteiger partial charge in [-0.25, -0.2) is 9.37 Å². The van der Waals surface area contributed by atoms with Crippen LogP contribution in [0.1, 0.15) is 6.42 Å². The average Bonchev–Trinajstić information content (AvgIpc) is 3.36. The molecule has 0 unspecified atom stereocenters. The number of fused-ring (bicyclic) bond motifs is 1. The van der Waals surface area contributed by atoms with Gasteiger partial charge >= 0.3 is 0 Å². The molecule has 6 N–H and O–H groups in total. The summed E-state index contributed by atoms with van der Waals surface area (Å²) >= 11 is 1.33. The van der Waals surface area contributed by atoms with Gasteiger partial charge in [-0.15, -0.1) is 11.3 Å². The lowest BCUT2D eigenvalue weighted by Gasteiger charge is -2.20. The Bertz CT molecular complexity index is 1340. The monoisotopic (exact) mass is 483 g/mol. The number of halogens is 1. The third kappa shape index (κ3) is 4.26. The summed E-state index contributed by atoms with van der Waals surface area (Å²) in [5, 5.41) is 36.7. The molecular formula is C23H22FN5O4S. The van der Waals surface area contributed by atoms with E-state index in [1.54, 1.807) is 0 Å². The van der Waals surface area contributed by atoms with Gasteiger partial charge in [0, 0.05) is 18.2 Å². The van der Waals surface area contributed by atoms with Gasteiger partial charge in [-0.3, -0.25) is 9.78 Å². The molecular weight excluding hydrogens is 461 g/mol. The topological polar surface area (TPSA) is 143 Å². The molecule has 1 fully saturated rings. The Labute approximate surface area is 197 Å². The number of aromatic amines is 1. The molecule has 0 radical (unpaired) electrons. The van der Waals surface area contributed by atoms with E-state index < -0.39 is 35.5 Å². The molecule has 0 bridgehead atoms. The summed E-state index contributed by atoms with van der Waals surface area (Å²) in [7, 11) is 0. The minimum atomic E-state index is -1.16. The molecule has 1 saturated carbocycles. The van der Waals surface area contributed by atoms with Crippen LogP contribution in [0.4, 0.5) is 21.8 Å². The van der Waals surface area contributed by atoms with Crippen molar-refractivity contribution in [2.45, 2.75) is 24.7 Å². The second-order valence-electron chi connectivity index (χ2n) is 8.17. The second-order valence-corrected chi connectivity index (χ2v) is 9.20. The zero-order chi connectivity index (χ0) is 23.8. The third-order valence-corrected chi connectivity index (χ3v) is 6.95. The predicted octanol–water partition coefficient (Wildman–Crippen LogP) is 2.44. The number of thiazole rings is 1. The van der Waals surface area contributed by atoms with Crippen LogP contribution >= 0.6 is 11.3 Å². The van der Waals surface area contributed by atoms with E-state index in [4.69, 9.17) is 0 Å². The van der Waals surface area contributed by atoms with Crippen molar-refractivity contribution in [1.29, 1.82) is 0 Å². The number of H-pyrrole nitrogens is 1. The first kappa shape index (κ1) is 22.4. The number of nitrogens with zero attached hydrogens (tertiary/aromatic N) is 2. The van der Waals surface area contributed by atoms with Gasteiger partial charge in [0.25, 0.3) is 5.56 Å². The number of aliphatic hydroxyl groups is 3. The number of nitrogens with one attached hydrogen (secondary N) is 3. The van der Waals surface area contributed by atoms with Crippen molar-refractivity contribution in [3.63, 3.8) is 0 Å². The summed E-state index contributed by atoms with van der Waals surface area (Å²) < 4.78 is 14.2. The van der Waals surface area contributed by atoms with E-state index in [9.17, 15) is 24.5 Å². The first-order valence-corrected chi connectivity index (χ1v) is 11.5. The summed E-state index contributed by atoms with van der Waals surface area (Å²) in [5.74, 6) is -0.622. The first-order valence-electron chi connectivity index (χ1n) is 10.7. The Hall–Kier alpha value is -3.38. The van der Waals surface area contributed by atoms with Gasteiger partial charge < -0.3 is 26.0 Å². The lowest BCUT2D eigenvalue weighted by Crippen LogP contribution is -2.36. The van der Waals surface area contributed by atoms with Gasteiger partial charge in [-0.1, -0.05) is 12.1 Å². The second kappa shape index (κ2) is 9.11. The Morgan fingerprint density at radius 2 is 1.85 bits per heavy atom. The highest BCUT2D eigenvalue weighted by Crippen LogP contribution is 2.34. The fourth-order valence-corrected chi connectivity index (χ4v) is 5.12. The summed E-state index contributed by atoms with van der Waals surface area (Å²) in [6.07, 6.45) is -1.98. The molecule has 1 aliphatic rings. The van der Waals surface area contributed by atoms with Crippen molar-refractivity contribution in [1.82, 2.24) is 15.0 Å². The zero-order valence-corrected chi connectivity index (χ0v) is 18.6. The lowest BCUT2D eigenvalue weighted by atomic mass is 10.1. The molecule has 176 valence electrons. The minimum absolute atomic E-state index is 0.107. The zero-order valence-electron chi connectivity index (χ0n) is 17.8. The third-order valence-electron chi connectivity index (χ3n) is 5.89. The molecule has 2 aromatic carbocycles. The molecule has 9 nitrogen and oxygen atoms in total. The van der Waals surface area contributed by atoms with Crippen LogP contribution in [0.25, 0.3) is 20.8 Å². The molecule has 11 heteroatoms. The number of aliphatic hydroxyl groups excluding tert-OH is 3. The van der Waals surface area contributed by atoms with E-state index in [2.05, 4.69) is 25.6 Å². The van der Waals surface area contributed by atoms with Crippen LogP contribution in [0.5, 0.6) is 0 Å². The Balaban J connectivity index is 1.57. The molecule has 2 aromatic heterocycles. The number of rotatable bonds is 6. The number of hydrogen-bond donors (Lipinski definition) is 6. The molecule has 1 aliphatic carbocycles. The number of anilines is 3. The Kier molecular flexibility index (Phi) is 6.00. The van der Waals surface area contributed by atoms with E-state index in [1.807, 2.05) is 24.3 Å². The highest BCUT2D eigenvalue weighted by molar-refractivity contribution is 7.21. The summed E-state index contributed by atoms with van der Waals surface area (Å²) in [6, 6.07) is 12.4. The quantitative estimate of drug-likeness (QED) is 0.245. The van der Waals surface area contributed by atoms with Crippen molar-refractivity contribution >= 4 is 39.0 Å². The summed E-state index contributed by atoms with van der Waals surface area (Å²) in [5.41, 5.74) is 0.978. The summed E-state index contributed by atoms with van der Waals surface area (Å²) in [4.78, 5) is 25.0. The highest BCUT2D eigenvalue weighted by Gasteiger charge is 2.41. The van der Waals surface area contributed by atoms with Crippen molar-refractivity contribution in [3.8, 4) is 10.6 Å². The van der Waals surface area contributed by atoms with Crippen LogP contribution in [-0.2, 0) is 0 Å². The average molecular weight is 484 g/mol. The van der Waals surface area contributed by atoms with Crippen LogP contribution in [0.15, 0.2) is 53.3 Å². The number of aromatic nitrogens is 3. The standard InChI is InChI=1S/C23H22FN5O4S/c24-12-5-7-13(8-6-12)25-23-28-20(26-15-9-11(10-30)18(31)19(15)32)17(21(33)29-23)22-27-14-3-1-2-4-16(14)34-22/h1-8,11,15,18-19,30-32H,9-10H2,(H3,25,26,28,29,33)/t11-,15-,18-,19+/m1/s1. The minimum Gasteiger partial charge on any atom is -0.396 e. The van der Waals surface area contributed by atoms with E-state index in [0.29, 0.717) is 10.7 Å². The highest BCUT2D eigenvalue weighted by atomic mass is 32.1. The maximum absolute atomic E-state index is 13.3. The molecule has 0 saturated heterocycles. The molecule has 5 rings (SSSR count). The Morgan fingerprint density at radius 1 is 1.09 bits per heavy atom. The van der Waals surface area contributed by atoms with E-state index in [1.165, 1.54) is 35.6 Å². The fraction of sp³-hybridized carbons (Fsp3) is 0.261. The molecule has 4 aromatic rings. The van der Waals surface area contributed by atoms with Gasteiger partial charge in [0.15, 0.2) is 0 Å². The van der Waals surface area contributed by atoms with Crippen LogP contribution in [0.3, 0.4) is 0 Å². The van der Waals surface area contributed by atoms with Crippen LogP contribution in [0, 0.1) is 11.7 Å². The van der Waals surface area contributed by atoms with E-state index in [-0.39, 0.29) is 30.4 Å². The summed E-state index contributed by atoms with van der Waals surface area (Å²) in [6.45, 7) is -0.276. The van der Waals surface area contributed by atoms with Crippen LogP contribution < -0.4 is 16.2 Å². The van der Waals surface area contributed by atoms with E-state index in [0.717, 1.165) is 10.2 Å². The lowest BCUT2D eigenvalue weighted by molar-refractivity contribution is 0.00446. The maximum atomic E-state index is 13.3. The first-order chi connectivity index (χ1) is 16.4. The molecule has 34 heavy (non-hydrogen) atoms.